The fourth-order valence-electron chi connectivity index (χ4n) is 1.66. The van der Waals surface area contributed by atoms with Crippen LogP contribution in [0.1, 0.15) is 24.4 Å². The first-order valence-electron chi connectivity index (χ1n) is 4.49. The largest absolute Gasteiger partial charge is 0.313 e. The van der Waals surface area contributed by atoms with Crippen LogP contribution >= 0.6 is 0 Å². The SMILES string of the molecule is CN[C@H](c1cccnc1)C1CC1. The van der Waals surface area contributed by atoms with E-state index in [0.717, 1.165) is 5.92 Å². The molecule has 64 valence electrons. The van der Waals surface area contributed by atoms with Crippen LogP contribution < -0.4 is 5.32 Å². The minimum Gasteiger partial charge on any atom is -0.313 e. The maximum atomic E-state index is 4.12. The Labute approximate surface area is 73.0 Å². The van der Waals surface area contributed by atoms with Crippen molar-refractivity contribution in [3.63, 3.8) is 0 Å². The molecule has 0 spiro atoms. The summed E-state index contributed by atoms with van der Waals surface area (Å²) in [5.41, 5.74) is 1.32. The minimum absolute atomic E-state index is 0.527. The highest BCUT2D eigenvalue weighted by Crippen LogP contribution is 2.40. The second-order valence-electron chi connectivity index (χ2n) is 3.39. The van der Waals surface area contributed by atoms with Crippen LogP contribution in [-0.4, -0.2) is 12.0 Å². The van der Waals surface area contributed by atoms with Gasteiger partial charge >= 0.3 is 0 Å². The number of nitrogens with one attached hydrogen (secondary N) is 1. The molecular weight excluding hydrogens is 148 g/mol. The van der Waals surface area contributed by atoms with E-state index in [9.17, 15) is 0 Å². The highest BCUT2D eigenvalue weighted by Gasteiger charge is 2.30. The zero-order valence-electron chi connectivity index (χ0n) is 7.33. The molecule has 1 N–H and O–H groups in total. The van der Waals surface area contributed by atoms with Gasteiger partial charge in [-0.1, -0.05) is 6.07 Å². The Morgan fingerprint density at radius 2 is 2.42 bits per heavy atom. The standard InChI is InChI=1S/C10H14N2/c1-11-10(8-4-5-8)9-3-2-6-12-7-9/h2-3,6-8,10-11H,4-5H2,1H3/t10-/m0/s1. The van der Waals surface area contributed by atoms with Crippen LogP contribution in [0, 0.1) is 5.92 Å². The van der Waals surface area contributed by atoms with E-state index < -0.39 is 0 Å². The molecule has 0 unspecified atom stereocenters. The van der Waals surface area contributed by atoms with Crippen molar-refractivity contribution < 1.29 is 0 Å². The van der Waals surface area contributed by atoms with Crippen molar-refractivity contribution in [2.24, 2.45) is 5.92 Å². The average molecular weight is 162 g/mol. The molecule has 1 aliphatic rings. The summed E-state index contributed by atoms with van der Waals surface area (Å²) in [6.07, 6.45) is 6.50. The maximum Gasteiger partial charge on any atom is 0.0361 e. The van der Waals surface area contributed by atoms with Gasteiger partial charge in [0.2, 0.25) is 0 Å². The van der Waals surface area contributed by atoms with Crippen molar-refractivity contribution in [3.8, 4) is 0 Å². The van der Waals surface area contributed by atoms with Gasteiger partial charge in [-0.15, -0.1) is 0 Å². The molecule has 0 aliphatic heterocycles. The Kier molecular flexibility index (Phi) is 2.09. The number of hydrogen-bond donors (Lipinski definition) is 1. The first kappa shape index (κ1) is 7.74. The summed E-state index contributed by atoms with van der Waals surface area (Å²) < 4.78 is 0. The van der Waals surface area contributed by atoms with E-state index in [4.69, 9.17) is 0 Å². The average Bonchev–Trinajstić information content (AvgIpc) is 2.92. The van der Waals surface area contributed by atoms with Gasteiger partial charge < -0.3 is 5.32 Å². The lowest BCUT2D eigenvalue weighted by molar-refractivity contribution is 0.527. The van der Waals surface area contributed by atoms with Crippen LogP contribution in [0.2, 0.25) is 0 Å². The summed E-state index contributed by atoms with van der Waals surface area (Å²) in [5.74, 6) is 0.846. The van der Waals surface area contributed by atoms with Gasteiger partial charge in [-0.25, -0.2) is 0 Å². The van der Waals surface area contributed by atoms with Crippen molar-refractivity contribution in [3.05, 3.63) is 30.1 Å². The third-order valence-corrected chi connectivity index (χ3v) is 2.45. The van der Waals surface area contributed by atoms with Crippen LogP contribution in [-0.2, 0) is 0 Å². The number of nitrogens with zero attached hydrogens (tertiary/aromatic N) is 1. The molecule has 1 saturated carbocycles. The molecule has 2 rings (SSSR count). The van der Waals surface area contributed by atoms with Crippen LogP contribution in [0.5, 0.6) is 0 Å². The summed E-state index contributed by atoms with van der Waals surface area (Å²) in [6, 6.07) is 4.67. The van der Waals surface area contributed by atoms with Crippen LogP contribution in [0.4, 0.5) is 0 Å². The third-order valence-electron chi connectivity index (χ3n) is 2.45. The van der Waals surface area contributed by atoms with Gasteiger partial charge in [-0.05, 0) is 37.4 Å². The van der Waals surface area contributed by atoms with Gasteiger partial charge in [0, 0.05) is 18.4 Å². The maximum absolute atomic E-state index is 4.12. The second-order valence-corrected chi connectivity index (χ2v) is 3.39. The van der Waals surface area contributed by atoms with E-state index in [1.165, 1.54) is 18.4 Å². The highest BCUT2D eigenvalue weighted by molar-refractivity contribution is 5.16. The minimum atomic E-state index is 0.527. The molecule has 1 aromatic heterocycles. The molecule has 1 fully saturated rings. The van der Waals surface area contributed by atoms with E-state index in [1.54, 1.807) is 0 Å². The molecule has 0 radical (unpaired) electrons. The lowest BCUT2D eigenvalue weighted by atomic mass is 10.1. The number of rotatable bonds is 3. The molecule has 1 heterocycles. The van der Waals surface area contributed by atoms with Crippen molar-refractivity contribution in [2.75, 3.05) is 7.05 Å². The Bertz CT molecular complexity index is 241. The third kappa shape index (κ3) is 1.48. The second kappa shape index (κ2) is 3.23. The first-order chi connectivity index (χ1) is 5.92. The van der Waals surface area contributed by atoms with Gasteiger partial charge in [0.1, 0.15) is 0 Å². The molecule has 1 atom stereocenters. The van der Waals surface area contributed by atoms with Crippen molar-refractivity contribution >= 4 is 0 Å². The summed E-state index contributed by atoms with van der Waals surface area (Å²) in [4.78, 5) is 4.12. The summed E-state index contributed by atoms with van der Waals surface area (Å²) in [7, 11) is 2.02. The monoisotopic (exact) mass is 162 g/mol. The highest BCUT2D eigenvalue weighted by atomic mass is 14.9. The predicted molar refractivity (Wildman–Crippen MR) is 48.8 cm³/mol. The fraction of sp³-hybridized carbons (Fsp3) is 0.500. The van der Waals surface area contributed by atoms with E-state index in [1.807, 2.05) is 25.5 Å². The Hall–Kier alpha value is -0.890. The number of aromatic nitrogens is 1. The molecule has 1 aliphatic carbocycles. The Balaban J connectivity index is 2.15. The smallest absolute Gasteiger partial charge is 0.0361 e. The predicted octanol–water partition coefficient (Wildman–Crippen LogP) is 1.75. The van der Waals surface area contributed by atoms with Crippen LogP contribution in [0.15, 0.2) is 24.5 Å². The molecule has 1 aromatic rings. The van der Waals surface area contributed by atoms with Gasteiger partial charge in [0.25, 0.3) is 0 Å². The molecule has 0 saturated heterocycles. The van der Waals surface area contributed by atoms with Gasteiger partial charge in [-0.3, -0.25) is 4.98 Å². The summed E-state index contributed by atoms with van der Waals surface area (Å²) in [5, 5.41) is 3.34. The molecule has 2 nitrogen and oxygen atoms in total. The zero-order chi connectivity index (χ0) is 8.39. The fourth-order valence-corrected chi connectivity index (χ4v) is 1.66. The summed E-state index contributed by atoms with van der Waals surface area (Å²) >= 11 is 0. The topological polar surface area (TPSA) is 24.9 Å². The van der Waals surface area contributed by atoms with Crippen LogP contribution in [0.3, 0.4) is 0 Å². The lowest BCUT2D eigenvalue weighted by Crippen LogP contribution is -2.18. The number of hydrogen-bond acceptors (Lipinski definition) is 2. The first-order valence-corrected chi connectivity index (χ1v) is 4.49. The van der Waals surface area contributed by atoms with E-state index in [0.29, 0.717) is 6.04 Å². The Morgan fingerprint density at radius 3 is 2.92 bits per heavy atom. The zero-order valence-corrected chi connectivity index (χ0v) is 7.33. The van der Waals surface area contributed by atoms with Gasteiger partial charge in [0.15, 0.2) is 0 Å². The molecule has 2 heteroatoms. The van der Waals surface area contributed by atoms with E-state index in [2.05, 4.69) is 16.4 Å². The molecular formula is C10H14N2. The molecule has 0 aromatic carbocycles. The van der Waals surface area contributed by atoms with Crippen molar-refractivity contribution in [1.82, 2.24) is 10.3 Å². The van der Waals surface area contributed by atoms with Crippen molar-refractivity contribution in [1.29, 1.82) is 0 Å². The number of pyridine rings is 1. The van der Waals surface area contributed by atoms with Crippen LogP contribution in [0.25, 0.3) is 0 Å². The summed E-state index contributed by atoms with van der Waals surface area (Å²) in [6.45, 7) is 0. The van der Waals surface area contributed by atoms with Gasteiger partial charge in [0.05, 0.1) is 0 Å². The van der Waals surface area contributed by atoms with Gasteiger partial charge in [-0.2, -0.15) is 0 Å². The van der Waals surface area contributed by atoms with E-state index in [-0.39, 0.29) is 0 Å². The molecule has 0 amide bonds. The quantitative estimate of drug-likeness (QED) is 0.732. The molecule has 12 heavy (non-hydrogen) atoms. The van der Waals surface area contributed by atoms with Crippen molar-refractivity contribution in [2.45, 2.75) is 18.9 Å². The molecule has 0 bridgehead atoms. The van der Waals surface area contributed by atoms with E-state index >= 15 is 0 Å². The Morgan fingerprint density at radius 1 is 1.58 bits per heavy atom. The normalized spacial score (nSPS) is 19.1. The lowest BCUT2D eigenvalue weighted by Gasteiger charge is -2.14.